The van der Waals surface area contributed by atoms with E-state index in [2.05, 4.69) is 0 Å². The fourth-order valence-electron chi connectivity index (χ4n) is 2.27. The van der Waals surface area contributed by atoms with Crippen LogP contribution in [0.4, 0.5) is 0 Å². The third-order valence-corrected chi connectivity index (χ3v) is 3.30. The molecule has 0 saturated heterocycles. The van der Waals surface area contributed by atoms with E-state index in [1.807, 2.05) is 13.8 Å². The van der Waals surface area contributed by atoms with Crippen LogP contribution in [-0.2, 0) is 4.79 Å². The molecule has 118 valence electrons. The van der Waals surface area contributed by atoms with Crippen LogP contribution in [0, 0.1) is 0 Å². The summed E-state index contributed by atoms with van der Waals surface area (Å²) in [6, 6.07) is 8.27. The molecule has 0 bridgehead atoms. The van der Waals surface area contributed by atoms with Crippen molar-refractivity contribution < 1.29 is 13.9 Å². The predicted molar refractivity (Wildman–Crippen MR) is 85.1 cm³/mol. The zero-order chi connectivity index (χ0) is 15.9. The second-order valence-electron chi connectivity index (χ2n) is 5.12. The summed E-state index contributed by atoms with van der Waals surface area (Å²) in [4.78, 5) is 25.2. The summed E-state index contributed by atoms with van der Waals surface area (Å²) in [5.74, 6) is 0.487. The van der Waals surface area contributed by atoms with Crippen molar-refractivity contribution in [2.75, 3.05) is 19.7 Å². The first-order valence-corrected chi connectivity index (χ1v) is 7.58. The standard InChI is InChI=1S/C17H21NO4/c1-3-9-18(10-4-2)16(19)12-21-14-7-5-13-6-8-17(20)22-15(13)11-14/h5-8,11H,3-4,9-10,12H2,1-2H3. The molecule has 1 heterocycles. The van der Waals surface area contributed by atoms with Crippen LogP contribution < -0.4 is 10.4 Å². The fourth-order valence-corrected chi connectivity index (χ4v) is 2.27. The second kappa shape index (κ2) is 7.64. The molecule has 0 aliphatic carbocycles. The molecule has 5 nitrogen and oxygen atoms in total. The average Bonchev–Trinajstić information content (AvgIpc) is 2.52. The topological polar surface area (TPSA) is 59.8 Å². The van der Waals surface area contributed by atoms with Crippen molar-refractivity contribution in [3.8, 4) is 5.75 Å². The number of rotatable bonds is 7. The van der Waals surface area contributed by atoms with Crippen LogP contribution in [0.1, 0.15) is 26.7 Å². The zero-order valence-electron chi connectivity index (χ0n) is 13.0. The van der Waals surface area contributed by atoms with Crippen molar-refractivity contribution in [1.82, 2.24) is 4.90 Å². The van der Waals surface area contributed by atoms with Gasteiger partial charge in [-0.2, -0.15) is 0 Å². The molecule has 0 radical (unpaired) electrons. The maximum Gasteiger partial charge on any atom is 0.336 e. The van der Waals surface area contributed by atoms with Crippen molar-refractivity contribution >= 4 is 16.9 Å². The highest BCUT2D eigenvalue weighted by Crippen LogP contribution is 2.19. The molecule has 0 unspecified atom stereocenters. The summed E-state index contributed by atoms with van der Waals surface area (Å²) in [6.45, 7) is 5.55. The first-order chi connectivity index (χ1) is 10.6. The molecule has 22 heavy (non-hydrogen) atoms. The molecule has 0 fully saturated rings. The lowest BCUT2D eigenvalue weighted by Crippen LogP contribution is -2.36. The number of amides is 1. The average molecular weight is 303 g/mol. The number of benzene rings is 1. The molecular weight excluding hydrogens is 282 g/mol. The van der Waals surface area contributed by atoms with E-state index in [9.17, 15) is 9.59 Å². The van der Waals surface area contributed by atoms with Gasteiger partial charge in [-0.05, 0) is 31.0 Å². The van der Waals surface area contributed by atoms with Crippen molar-refractivity contribution in [2.24, 2.45) is 0 Å². The number of hydrogen-bond acceptors (Lipinski definition) is 4. The molecule has 5 heteroatoms. The van der Waals surface area contributed by atoms with Gasteiger partial charge in [0.1, 0.15) is 11.3 Å². The Bertz CT molecular complexity index is 686. The third kappa shape index (κ3) is 4.10. The van der Waals surface area contributed by atoms with E-state index in [-0.39, 0.29) is 12.5 Å². The minimum Gasteiger partial charge on any atom is -0.484 e. The molecule has 2 rings (SSSR count). The van der Waals surface area contributed by atoms with Crippen molar-refractivity contribution in [2.45, 2.75) is 26.7 Å². The molecule has 0 atom stereocenters. The summed E-state index contributed by atoms with van der Waals surface area (Å²) in [5, 5.41) is 0.817. The van der Waals surface area contributed by atoms with Crippen molar-refractivity contribution in [3.05, 3.63) is 40.8 Å². The lowest BCUT2D eigenvalue weighted by molar-refractivity contribution is -0.133. The van der Waals surface area contributed by atoms with Gasteiger partial charge in [0.05, 0.1) is 0 Å². The maximum absolute atomic E-state index is 12.1. The zero-order valence-corrected chi connectivity index (χ0v) is 13.0. The Labute approximate surface area is 129 Å². The first kappa shape index (κ1) is 16.1. The Hall–Kier alpha value is -2.30. The van der Waals surface area contributed by atoms with E-state index < -0.39 is 5.63 Å². The van der Waals surface area contributed by atoms with Crippen molar-refractivity contribution in [3.63, 3.8) is 0 Å². The normalized spacial score (nSPS) is 10.6. The van der Waals surface area contributed by atoms with Gasteiger partial charge in [0.25, 0.3) is 5.91 Å². The Morgan fingerprint density at radius 2 is 1.82 bits per heavy atom. The monoisotopic (exact) mass is 303 g/mol. The molecule has 2 aromatic rings. The van der Waals surface area contributed by atoms with Gasteiger partial charge in [0.15, 0.2) is 6.61 Å². The molecular formula is C17H21NO4. The first-order valence-electron chi connectivity index (χ1n) is 7.58. The molecule has 1 amide bonds. The highest BCUT2D eigenvalue weighted by Gasteiger charge is 2.12. The quantitative estimate of drug-likeness (QED) is 0.738. The number of carbonyl (C=O) groups is 1. The Morgan fingerprint density at radius 1 is 1.14 bits per heavy atom. The van der Waals surface area contributed by atoms with E-state index in [1.165, 1.54) is 6.07 Å². The minimum absolute atomic E-state index is 0.0113. The Kier molecular flexibility index (Phi) is 5.58. The summed E-state index contributed by atoms with van der Waals surface area (Å²) < 4.78 is 10.6. The van der Waals surface area contributed by atoms with Gasteiger partial charge in [-0.25, -0.2) is 4.79 Å². The van der Waals surface area contributed by atoms with E-state index in [0.717, 1.165) is 31.3 Å². The van der Waals surface area contributed by atoms with Gasteiger partial charge in [0, 0.05) is 30.6 Å². The van der Waals surface area contributed by atoms with Gasteiger partial charge >= 0.3 is 5.63 Å². The van der Waals surface area contributed by atoms with Gasteiger partial charge < -0.3 is 14.1 Å². The van der Waals surface area contributed by atoms with E-state index in [4.69, 9.17) is 9.15 Å². The van der Waals surface area contributed by atoms with Crippen molar-refractivity contribution in [1.29, 1.82) is 0 Å². The molecule has 0 aliphatic heterocycles. The van der Waals surface area contributed by atoms with Gasteiger partial charge in [-0.1, -0.05) is 13.8 Å². The Balaban J connectivity index is 2.04. The smallest absolute Gasteiger partial charge is 0.336 e. The summed E-state index contributed by atoms with van der Waals surface area (Å²) >= 11 is 0. The van der Waals surface area contributed by atoms with Gasteiger partial charge in [0.2, 0.25) is 0 Å². The minimum atomic E-state index is -0.405. The summed E-state index contributed by atoms with van der Waals surface area (Å²) in [7, 11) is 0. The van der Waals surface area contributed by atoms with Gasteiger partial charge in [-0.3, -0.25) is 4.79 Å². The SMILES string of the molecule is CCCN(CCC)C(=O)COc1ccc2ccc(=O)oc2c1. The van der Waals surface area contributed by atoms with Crippen LogP contribution in [0.3, 0.4) is 0 Å². The van der Waals surface area contributed by atoms with Crippen LogP contribution in [0.15, 0.2) is 39.5 Å². The van der Waals surface area contributed by atoms with Crippen LogP contribution >= 0.6 is 0 Å². The molecule has 0 spiro atoms. The van der Waals surface area contributed by atoms with E-state index in [1.54, 1.807) is 29.2 Å². The molecule has 0 N–H and O–H groups in total. The van der Waals surface area contributed by atoms with Crippen LogP contribution in [0.5, 0.6) is 5.75 Å². The van der Waals surface area contributed by atoms with Crippen LogP contribution in [0.25, 0.3) is 11.0 Å². The number of ether oxygens (including phenoxy) is 1. The molecule has 1 aromatic heterocycles. The summed E-state index contributed by atoms with van der Waals surface area (Å²) in [6.07, 6.45) is 1.85. The number of fused-ring (bicyclic) bond motifs is 1. The lowest BCUT2D eigenvalue weighted by Gasteiger charge is -2.21. The van der Waals surface area contributed by atoms with Crippen LogP contribution in [-0.4, -0.2) is 30.5 Å². The third-order valence-electron chi connectivity index (χ3n) is 3.30. The number of nitrogens with zero attached hydrogens (tertiary/aromatic N) is 1. The summed E-state index contributed by atoms with van der Waals surface area (Å²) in [5.41, 5.74) is 0.0502. The fraction of sp³-hybridized carbons (Fsp3) is 0.412. The Morgan fingerprint density at radius 3 is 2.50 bits per heavy atom. The van der Waals surface area contributed by atoms with E-state index in [0.29, 0.717) is 11.3 Å². The number of carbonyl (C=O) groups excluding carboxylic acids is 1. The highest BCUT2D eigenvalue weighted by molar-refractivity contribution is 5.79. The molecule has 0 saturated carbocycles. The molecule has 1 aromatic carbocycles. The van der Waals surface area contributed by atoms with Gasteiger partial charge in [-0.15, -0.1) is 0 Å². The van der Waals surface area contributed by atoms with E-state index >= 15 is 0 Å². The molecule has 0 aliphatic rings. The number of hydrogen-bond donors (Lipinski definition) is 0. The highest BCUT2D eigenvalue weighted by atomic mass is 16.5. The lowest BCUT2D eigenvalue weighted by atomic mass is 10.2. The maximum atomic E-state index is 12.1. The second-order valence-corrected chi connectivity index (χ2v) is 5.12. The largest absolute Gasteiger partial charge is 0.484 e. The predicted octanol–water partition coefficient (Wildman–Crippen LogP) is 2.82. The van der Waals surface area contributed by atoms with Crippen LogP contribution in [0.2, 0.25) is 0 Å².